The number of benzene rings is 1. The molecule has 9 atom stereocenters. The zero-order chi connectivity index (χ0) is 30.5. The molecular formula is C38H51BrO3. The van der Waals surface area contributed by atoms with E-state index in [4.69, 9.17) is 4.74 Å². The Morgan fingerprint density at radius 1 is 0.929 bits per heavy atom. The van der Waals surface area contributed by atoms with Crippen LogP contribution in [-0.2, 0) is 14.3 Å². The summed E-state index contributed by atoms with van der Waals surface area (Å²) < 4.78 is 6.60. The van der Waals surface area contributed by atoms with Crippen molar-refractivity contribution in [2.45, 2.75) is 99.3 Å². The minimum absolute atomic E-state index is 0.0245. The topological polar surface area (TPSA) is 43.4 Å². The fourth-order valence-electron chi connectivity index (χ4n) is 12.4. The second-order valence-electron chi connectivity index (χ2n) is 16.3. The van der Waals surface area contributed by atoms with Crippen LogP contribution in [0.2, 0.25) is 0 Å². The number of hydrogen-bond acceptors (Lipinski definition) is 3. The van der Waals surface area contributed by atoms with Gasteiger partial charge in [-0.15, -0.1) is 0 Å². The Morgan fingerprint density at radius 2 is 1.62 bits per heavy atom. The Morgan fingerprint density at radius 3 is 2.26 bits per heavy atom. The third-order valence-corrected chi connectivity index (χ3v) is 15.0. The highest BCUT2D eigenvalue weighted by atomic mass is 79.9. The number of carbonyl (C=O) groups is 2. The lowest BCUT2D eigenvalue weighted by Crippen LogP contribution is -2.67. The van der Waals surface area contributed by atoms with Crippen LogP contribution in [0.15, 0.2) is 46.5 Å². The van der Waals surface area contributed by atoms with E-state index < -0.39 is 0 Å². The van der Waals surface area contributed by atoms with E-state index in [9.17, 15) is 9.59 Å². The van der Waals surface area contributed by atoms with Gasteiger partial charge in [0.05, 0.1) is 12.5 Å². The Balaban J connectivity index is 1.41. The van der Waals surface area contributed by atoms with E-state index in [-0.39, 0.29) is 33.0 Å². The number of halogens is 1. The monoisotopic (exact) mass is 634 g/mol. The summed E-state index contributed by atoms with van der Waals surface area (Å²) in [7, 11) is 1.59. The van der Waals surface area contributed by atoms with Crippen LogP contribution in [-0.4, -0.2) is 18.9 Å². The van der Waals surface area contributed by atoms with Gasteiger partial charge in [-0.3, -0.25) is 9.59 Å². The maximum Gasteiger partial charge on any atom is 0.312 e. The van der Waals surface area contributed by atoms with Crippen molar-refractivity contribution >= 4 is 33.8 Å². The van der Waals surface area contributed by atoms with Gasteiger partial charge in [0.15, 0.2) is 5.78 Å². The van der Waals surface area contributed by atoms with Crippen LogP contribution < -0.4 is 0 Å². The molecule has 5 aliphatic rings. The Kier molecular flexibility index (Phi) is 7.16. The van der Waals surface area contributed by atoms with Crippen molar-refractivity contribution in [2.75, 3.05) is 7.11 Å². The maximum absolute atomic E-state index is 14.1. The van der Waals surface area contributed by atoms with Crippen molar-refractivity contribution in [1.82, 2.24) is 0 Å². The SMILES string of the molecule is C=C(C)[C@@H]1CC[C@]2(C(=O)OC)CC[C@]3(C)[C@H](CC[C@@H]4[C@@]5(C)C/C(=C/c6ccc(Br)cc6)C(=O)C(C)(C)C5CC[C@]43C)C12. The molecule has 0 aromatic heterocycles. The minimum atomic E-state index is -0.379. The molecule has 0 heterocycles. The lowest BCUT2D eigenvalue weighted by molar-refractivity contribution is -0.232. The van der Waals surface area contributed by atoms with Gasteiger partial charge in [-0.2, -0.15) is 0 Å². The van der Waals surface area contributed by atoms with E-state index in [1.807, 2.05) is 0 Å². The molecule has 0 aliphatic heterocycles. The molecule has 3 nitrogen and oxygen atoms in total. The van der Waals surface area contributed by atoms with Gasteiger partial charge in [0.1, 0.15) is 0 Å². The number of esters is 1. The van der Waals surface area contributed by atoms with Gasteiger partial charge in [-0.1, -0.05) is 74.8 Å². The molecule has 5 saturated carbocycles. The largest absolute Gasteiger partial charge is 0.469 e. The summed E-state index contributed by atoms with van der Waals surface area (Å²) in [6.07, 6.45) is 11.7. The van der Waals surface area contributed by atoms with Gasteiger partial charge in [-0.25, -0.2) is 0 Å². The number of Topliss-reactive ketones (excluding diaryl/α,β-unsaturated/α-hetero) is 1. The lowest BCUT2D eigenvalue weighted by atomic mass is 9.32. The zero-order valence-electron chi connectivity index (χ0n) is 26.9. The number of allylic oxidation sites excluding steroid dienone is 2. The first kappa shape index (κ1) is 30.4. The van der Waals surface area contributed by atoms with Crippen LogP contribution in [0.3, 0.4) is 0 Å². The van der Waals surface area contributed by atoms with Gasteiger partial charge >= 0.3 is 5.97 Å². The van der Waals surface area contributed by atoms with Gasteiger partial charge in [0, 0.05) is 9.89 Å². The highest BCUT2D eigenvalue weighted by Gasteiger charge is 2.72. The molecule has 0 spiro atoms. The maximum atomic E-state index is 14.1. The summed E-state index contributed by atoms with van der Waals surface area (Å²) in [5, 5.41) is 0. The van der Waals surface area contributed by atoms with Crippen LogP contribution >= 0.6 is 15.9 Å². The molecular weight excluding hydrogens is 584 g/mol. The standard InChI is InChI=1S/C38H51BrO3/c1-23(2)27-15-18-38(33(41)42-8)20-19-36(6)28(31(27)38)13-14-30-35(5)22-25(21-24-9-11-26(39)12-10-24)32(40)34(3,4)29(35)16-17-37(30,36)7/h9-12,21,27-31H,1,13-20,22H2,2-8H3/b25-21-/t27-,28+,29?,30+,31?,35-,36+,37+,38-/m0/s1. The lowest BCUT2D eigenvalue weighted by Gasteiger charge is -2.72. The number of rotatable bonds is 3. The fraction of sp³-hybridized carbons (Fsp3) is 0.684. The van der Waals surface area contributed by atoms with Gasteiger partial charge in [0.2, 0.25) is 0 Å². The van der Waals surface area contributed by atoms with Gasteiger partial charge in [0.25, 0.3) is 0 Å². The van der Waals surface area contributed by atoms with Gasteiger partial charge in [-0.05, 0) is 140 Å². The fourth-order valence-corrected chi connectivity index (χ4v) is 12.7. The second-order valence-corrected chi connectivity index (χ2v) is 17.2. The first-order valence-corrected chi connectivity index (χ1v) is 17.2. The molecule has 1 aromatic rings. The quantitative estimate of drug-likeness (QED) is 0.189. The molecule has 228 valence electrons. The van der Waals surface area contributed by atoms with Crippen molar-refractivity contribution in [3.8, 4) is 0 Å². The van der Waals surface area contributed by atoms with Crippen molar-refractivity contribution in [2.24, 2.45) is 56.7 Å². The molecule has 0 N–H and O–H groups in total. The summed E-state index contributed by atoms with van der Waals surface area (Å²) in [6, 6.07) is 8.35. The van der Waals surface area contributed by atoms with Crippen LogP contribution in [0.4, 0.5) is 0 Å². The summed E-state index contributed by atoms with van der Waals surface area (Å²) in [5.41, 5.74) is 2.98. The highest BCUT2D eigenvalue weighted by molar-refractivity contribution is 9.10. The van der Waals surface area contributed by atoms with E-state index in [1.165, 1.54) is 18.4 Å². The Labute approximate surface area is 262 Å². The van der Waals surface area contributed by atoms with E-state index in [0.717, 1.165) is 60.6 Å². The Hall–Kier alpha value is -1.68. The molecule has 0 saturated heterocycles. The summed E-state index contributed by atoms with van der Waals surface area (Å²) in [6.45, 7) is 18.8. The normalized spacial score (nSPS) is 44.9. The minimum Gasteiger partial charge on any atom is -0.469 e. The van der Waals surface area contributed by atoms with Crippen LogP contribution in [0.25, 0.3) is 6.08 Å². The van der Waals surface area contributed by atoms with E-state index in [1.54, 1.807) is 7.11 Å². The average molecular weight is 636 g/mol. The molecule has 42 heavy (non-hydrogen) atoms. The molecule has 0 bridgehead atoms. The van der Waals surface area contributed by atoms with E-state index in [2.05, 4.69) is 94.4 Å². The molecule has 5 aliphatic carbocycles. The molecule has 5 fully saturated rings. The zero-order valence-corrected chi connectivity index (χ0v) is 28.5. The predicted molar refractivity (Wildman–Crippen MR) is 173 cm³/mol. The summed E-state index contributed by atoms with van der Waals surface area (Å²) in [4.78, 5) is 27.6. The summed E-state index contributed by atoms with van der Waals surface area (Å²) in [5.74, 6) is 2.50. The number of ketones is 1. The van der Waals surface area contributed by atoms with Crippen molar-refractivity contribution in [3.05, 3.63) is 52.0 Å². The first-order chi connectivity index (χ1) is 19.7. The van der Waals surface area contributed by atoms with Crippen molar-refractivity contribution < 1.29 is 14.3 Å². The Bertz CT molecular complexity index is 1340. The molecule has 2 unspecified atom stereocenters. The van der Waals surface area contributed by atoms with Crippen LogP contribution in [0.5, 0.6) is 0 Å². The number of hydrogen-bond donors (Lipinski definition) is 0. The third-order valence-electron chi connectivity index (χ3n) is 14.5. The molecule has 6 rings (SSSR count). The number of ether oxygens (including phenoxy) is 1. The summed E-state index contributed by atoms with van der Waals surface area (Å²) >= 11 is 3.56. The number of methoxy groups -OCH3 is 1. The van der Waals surface area contributed by atoms with Crippen LogP contribution in [0.1, 0.15) is 105 Å². The third kappa shape index (κ3) is 3.94. The molecule has 0 radical (unpaired) electrons. The average Bonchev–Trinajstić information content (AvgIpc) is 3.34. The van der Waals surface area contributed by atoms with Crippen LogP contribution in [0, 0.1) is 56.7 Å². The first-order valence-electron chi connectivity index (χ1n) is 16.4. The number of carbonyl (C=O) groups excluding carboxylic acids is 2. The molecule has 1 aromatic carbocycles. The van der Waals surface area contributed by atoms with Crippen molar-refractivity contribution in [1.29, 1.82) is 0 Å². The number of fused-ring (bicyclic) bond motifs is 7. The molecule has 4 heteroatoms. The van der Waals surface area contributed by atoms with Gasteiger partial charge < -0.3 is 4.74 Å². The smallest absolute Gasteiger partial charge is 0.312 e. The molecule has 0 amide bonds. The van der Waals surface area contributed by atoms with Crippen molar-refractivity contribution in [3.63, 3.8) is 0 Å². The van der Waals surface area contributed by atoms with E-state index >= 15 is 0 Å². The predicted octanol–water partition coefficient (Wildman–Crippen LogP) is 9.84. The van der Waals surface area contributed by atoms with E-state index in [0.29, 0.717) is 35.4 Å². The highest BCUT2D eigenvalue weighted by Crippen LogP contribution is 2.77. The second kappa shape index (κ2) is 9.91.